The van der Waals surface area contributed by atoms with Gasteiger partial charge >= 0.3 is 0 Å². The zero-order valence-corrected chi connectivity index (χ0v) is 22.8. The van der Waals surface area contributed by atoms with Crippen LogP contribution in [0.4, 0.5) is 4.39 Å². The van der Waals surface area contributed by atoms with Crippen molar-refractivity contribution in [2.24, 2.45) is 5.41 Å². The molecule has 2 unspecified atom stereocenters. The van der Waals surface area contributed by atoms with Gasteiger partial charge in [-0.2, -0.15) is 0 Å². The molecular formula is C28H43FN4O4. The van der Waals surface area contributed by atoms with Crippen molar-refractivity contribution in [1.29, 1.82) is 0 Å². The molecule has 5 atom stereocenters. The Bertz CT molecular complexity index is 931. The van der Waals surface area contributed by atoms with Crippen LogP contribution in [-0.4, -0.2) is 91.3 Å². The van der Waals surface area contributed by atoms with Gasteiger partial charge in [0, 0.05) is 38.4 Å². The van der Waals surface area contributed by atoms with Gasteiger partial charge in [0.1, 0.15) is 11.9 Å². The first-order chi connectivity index (χ1) is 17.6. The van der Waals surface area contributed by atoms with Crippen molar-refractivity contribution in [1.82, 2.24) is 20.4 Å². The van der Waals surface area contributed by atoms with Crippen LogP contribution in [0.2, 0.25) is 0 Å². The van der Waals surface area contributed by atoms with Crippen LogP contribution in [0, 0.1) is 11.2 Å². The Kier molecular flexibility index (Phi) is 8.89. The molecule has 1 aromatic carbocycles. The zero-order chi connectivity index (χ0) is 26.7. The summed E-state index contributed by atoms with van der Waals surface area (Å²) in [4.78, 5) is 31.3. The molecule has 2 N–H and O–H groups in total. The number of nitrogens with zero attached hydrogens (tertiary/aromatic N) is 2. The van der Waals surface area contributed by atoms with Crippen molar-refractivity contribution >= 4 is 11.8 Å². The highest BCUT2D eigenvalue weighted by molar-refractivity contribution is 5.90. The van der Waals surface area contributed by atoms with Crippen LogP contribution < -0.4 is 10.6 Å². The fourth-order valence-electron chi connectivity index (χ4n) is 5.90. The molecule has 206 valence electrons. The van der Waals surface area contributed by atoms with Gasteiger partial charge in [0.25, 0.3) is 0 Å². The highest BCUT2D eigenvalue weighted by Crippen LogP contribution is 2.38. The largest absolute Gasteiger partial charge is 0.381 e. The monoisotopic (exact) mass is 518 g/mol. The molecule has 1 aromatic rings. The van der Waals surface area contributed by atoms with E-state index in [1.165, 1.54) is 12.1 Å². The number of carbonyl (C=O) groups excluding carboxylic acids is 2. The predicted molar refractivity (Wildman–Crippen MR) is 139 cm³/mol. The lowest BCUT2D eigenvalue weighted by atomic mass is 9.85. The molecule has 3 fully saturated rings. The average Bonchev–Trinajstić information content (AvgIpc) is 3.47. The van der Waals surface area contributed by atoms with Crippen molar-refractivity contribution in [2.75, 3.05) is 33.4 Å². The van der Waals surface area contributed by atoms with Gasteiger partial charge in [-0.25, -0.2) is 4.39 Å². The summed E-state index contributed by atoms with van der Waals surface area (Å²) in [6.45, 7) is 11.0. The first-order valence-electron chi connectivity index (χ1n) is 13.6. The van der Waals surface area contributed by atoms with E-state index in [-0.39, 0.29) is 35.8 Å². The van der Waals surface area contributed by atoms with E-state index in [4.69, 9.17) is 9.47 Å². The topological polar surface area (TPSA) is 83.1 Å². The number of likely N-dealkylation sites (N-methyl/N-ethyl adjacent to an activating group) is 1. The minimum absolute atomic E-state index is 0.0548. The quantitative estimate of drug-likeness (QED) is 0.550. The van der Waals surface area contributed by atoms with E-state index in [0.29, 0.717) is 19.2 Å². The summed E-state index contributed by atoms with van der Waals surface area (Å²) < 4.78 is 25.5. The molecule has 37 heavy (non-hydrogen) atoms. The number of nitrogens with one attached hydrogen (secondary N) is 2. The second kappa shape index (κ2) is 11.8. The van der Waals surface area contributed by atoms with Crippen LogP contribution in [0.5, 0.6) is 0 Å². The number of fused-ring (bicyclic) bond motifs is 1. The van der Waals surface area contributed by atoms with Gasteiger partial charge in [0.15, 0.2) is 0 Å². The molecule has 3 heterocycles. The number of benzene rings is 1. The fourth-order valence-corrected chi connectivity index (χ4v) is 5.90. The van der Waals surface area contributed by atoms with Crippen molar-refractivity contribution in [2.45, 2.75) is 89.9 Å². The van der Waals surface area contributed by atoms with Gasteiger partial charge in [-0.05, 0) is 56.3 Å². The normalized spacial score (nSPS) is 26.6. The molecular weight excluding hydrogens is 475 g/mol. The van der Waals surface area contributed by atoms with E-state index in [2.05, 4.69) is 15.5 Å². The standard InChI is InChI=1S/C28H43FN4O4/c1-18(30-5)26(34)31-25(28(2,3)4)27(35)32-13-10-22-24(32)23(16-33(22)21-11-14-36-15-12-21)37-17-19-6-8-20(29)9-7-19/h6-9,18,21-25,30H,10-17H2,1-5H3,(H,31,34)/t18?,22-,23+,24+,25?/m1/s1. The number of halogens is 1. The third-order valence-electron chi connectivity index (χ3n) is 8.16. The Morgan fingerprint density at radius 1 is 1.16 bits per heavy atom. The van der Waals surface area contributed by atoms with E-state index < -0.39 is 17.5 Å². The Hall–Kier alpha value is -2.07. The first kappa shape index (κ1) is 28.0. The molecule has 9 heteroatoms. The molecule has 0 spiro atoms. The molecule has 3 aliphatic heterocycles. The number of rotatable bonds is 8. The zero-order valence-electron chi connectivity index (χ0n) is 22.8. The SMILES string of the molecule is CNC(C)C(=O)NC(C(=O)N1CC[C@@H]2[C@H]1[C@@H](OCc1ccc(F)cc1)CN2C1CCOCC1)C(C)(C)C. The summed E-state index contributed by atoms with van der Waals surface area (Å²) in [6, 6.07) is 5.84. The second-order valence-electron chi connectivity index (χ2n) is 11.7. The minimum Gasteiger partial charge on any atom is -0.381 e. The van der Waals surface area contributed by atoms with Crippen LogP contribution in [0.15, 0.2) is 24.3 Å². The summed E-state index contributed by atoms with van der Waals surface area (Å²) in [7, 11) is 1.73. The van der Waals surface area contributed by atoms with Crippen molar-refractivity contribution < 1.29 is 23.5 Å². The van der Waals surface area contributed by atoms with Crippen LogP contribution >= 0.6 is 0 Å². The van der Waals surface area contributed by atoms with Gasteiger partial charge in [-0.15, -0.1) is 0 Å². The van der Waals surface area contributed by atoms with Crippen molar-refractivity contribution in [3.05, 3.63) is 35.6 Å². The number of hydrogen-bond acceptors (Lipinski definition) is 6. The number of ether oxygens (including phenoxy) is 2. The third-order valence-corrected chi connectivity index (χ3v) is 8.16. The smallest absolute Gasteiger partial charge is 0.246 e. The molecule has 4 rings (SSSR count). The van der Waals surface area contributed by atoms with Crippen molar-refractivity contribution in [3.63, 3.8) is 0 Å². The molecule has 0 aromatic heterocycles. The molecule has 0 radical (unpaired) electrons. The van der Waals surface area contributed by atoms with E-state index in [1.807, 2.05) is 25.7 Å². The lowest BCUT2D eigenvalue weighted by Crippen LogP contribution is -2.59. The van der Waals surface area contributed by atoms with Crippen molar-refractivity contribution in [3.8, 4) is 0 Å². The van der Waals surface area contributed by atoms with Gasteiger partial charge in [-0.1, -0.05) is 32.9 Å². The van der Waals surface area contributed by atoms with Gasteiger partial charge < -0.3 is 25.0 Å². The van der Waals surface area contributed by atoms with E-state index >= 15 is 0 Å². The maximum atomic E-state index is 14.1. The van der Waals surface area contributed by atoms with E-state index in [1.54, 1.807) is 26.1 Å². The minimum atomic E-state index is -0.649. The Morgan fingerprint density at radius 3 is 2.46 bits per heavy atom. The summed E-state index contributed by atoms with van der Waals surface area (Å²) in [6.07, 6.45) is 2.66. The fraction of sp³-hybridized carbons (Fsp3) is 0.714. The van der Waals surface area contributed by atoms with Crippen LogP contribution in [0.1, 0.15) is 52.5 Å². The van der Waals surface area contributed by atoms with Crippen LogP contribution in [-0.2, 0) is 25.7 Å². The number of likely N-dealkylation sites (tertiary alicyclic amines) is 2. The molecule has 8 nitrogen and oxygen atoms in total. The maximum absolute atomic E-state index is 14.1. The Morgan fingerprint density at radius 2 is 1.84 bits per heavy atom. The lowest BCUT2D eigenvalue weighted by Gasteiger charge is -2.37. The summed E-state index contributed by atoms with van der Waals surface area (Å²) in [5.41, 5.74) is 0.445. The highest BCUT2D eigenvalue weighted by atomic mass is 19.1. The molecule has 3 aliphatic rings. The second-order valence-corrected chi connectivity index (χ2v) is 11.7. The highest BCUT2D eigenvalue weighted by Gasteiger charge is 2.54. The number of carbonyl (C=O) groups is 2. The Labute approximate surface area is 220 Å². The Balaban J connectivity index is 1.55. The van der Waals surface area contributed by atoms with E-state index in [9.17, 15) is 14.0 Å². The van der Waals surface area contributed by atoms with Crippen LogP contribution in [0.25, 0.3) is 0 Å². The summed E-state index contributed by atoms with van der Waals surface area (Å²) >= 11 is 0. The number of amides is 2. The summed E-state index contributed by atoms with van der Waals surface area (Å²) in [5.74, 6) is -0.516. The lowest BCUT2D eigenvalue weighted by molar-refractivity contribution is -0.142. The van der Waals surface area contributed by atoms with Gasteiger partial charge in [-0.3, -0.25) is 14.5 Å². The number of hydrogen-bond donors (Lipinski definition) is 2. The maximum Gasteiger partial charge on any atom is 0.246 e. The first-order valence-corrected chi connectivity index (χ1v) is 13.6. The molecule has 2 amide bonds. The summed E-state index contributed by atoms with van der Waals surface area (Å²) in [5, 5.41) is 5.97. The molecule has 3 saturated heterocycles. The van der Waals surface area contributed by atoms with Gasteiger partial charge in [0.2, 0.25) is 11.8 Å². The third kappa shape index (κ3) is 6.33. The molecule has 0 bridgehead atoms. The molecule has 0 saturated carbocycles. The van der Waals surface area contributed by atoms with Crippen LogP contribution in [0.3, 0.4) is 0 Å². The van der Waals surface area contributed by atoms with Gasteiger partial charge in [0.05, 0.1) is 24.8 Å². The van der Waals surface area contributed by atoms with E-state index in [0.717, 1.165) is 44.6 Å². The average molecular weight is 519 g/mol. The molecule has 0 aliphatic carbocycles. The predicted octanol–water partition coefficient (Wildman–Crippen LogP) is 2.31.